The van der Waals surface area contributed by atoms with Gasteiger partial charge in [0.05, 0.1) is 11.2 Å². The predicted octanol–water partition coefficient (Wildman–Crippen LogP) is 8.97. The van der Waals surface area contributed by atoms with E-state index >= 15 is 0 Å². The summed E-state index contributed by atoms with van der Waals surface area (Å²) in [5, 5.41) is 3.87. The molecular formula is C33H31N. The number of benzene rings is 4. The zero-order valence-corrected chi connectivity index (χ0v) is 21.0. The number of hydrogen-bond donors (Lipinski definition) is 0. The fraction of sp³-hybridized carbons (Fsp3) is 0.242. The molecule has 1 heterocycles. The van der Waals surface area contributed by atoms with E-state index < -0.39 is 0 Å². The molecule has 0 radical (unpaired) electrons. The largest absolute Gasteiger partial charge is 0.247 e. The molecule has 168 valence electrons. The summed E-state index contributed by atoms with van der Waals surface area (Å²) in [7, 11) is 0. The highest BCUT2D eigenvalue weighted by atomic mass is 14.7. The van der Waals surface area contributed by atoms with Crippen molar-refractivity contribution in [3.63, 3.8) is 0 Å². The third kappa shape index (κ3) is 2.96. The lowest BCUT2D eigenvalue weighted by Crippen LogP contribution is -2.16. The van der Waals surface area contributed by atoms with Crippen LogP contribution in [0.4, 0.5) is 0 Å². The summed E-state index contributed by atoms with van der Waals surface area (Å²) < 4.78 is 0. The summed E-state index contributed by atoms with van der Waals surface area (Å²) in [6.45, 7) is 13.8. The molecule has 34 heavy (non-hydrogen) atoms. The first kappa shape index (κ1) is 21.1. The highest BCUT2D eigenvalue weighted by Crippen LogP contribution is 2.54. The average molecular weight is 442 g/mol. The van der Waals surface area contributed by atoms with Gasteiger partial charge in [0, 0.05) is 21.9 Å². The van der Waals surface area contributed by atoms with Gasteiger partial charge < -0.3 is 0 Å². The first-order chi connectivity index (χ1) is 16.2. The Balaban J connectivity index is 1.79. The second kappa shape index (κ2) is 7.03. The first-order valence-corrected chi connectivity index (χ1v) is 12.2. The molecule has 0 N–H and O–H groups in total. The highest BCUT2D eigenvalue weighted by molar-refractivity contribution is 6.03. The van der Waals surface area contributed by atoms with E-state index in [0.717, 1.165) is 11.2 Å². The fourth-order valence-electron chi connectivity index (χ4n) is 5.95. The third-order valence-corrected chi connectivity index (χ3v) is 7.58. The topological polar surface area (TPSA) is 12.9 Å². The van der Waals surface area contributed by atoms with Gasteiger partial charge in [-0.05, 0) is 69.6 Å². The SMILES string of the molecule is Cc1ccc2nc(-c3cc(C(C)(C)C)c4ccccc4c3)c3c(c2c1)C(C)(C)c1ccccc1-3. The van der Waals surface area contributed by atoms with Gasteiger partial charge >= 0.3 is 0 Å². The van der Waals surface area contributed by atoms with Crippen LogP contribution in [0.5, 0.6) is 0 Å². The Hall–Kier alpha value is -3.45. The molecule has 0 aliphatic heterocycles. The molecule has 0 saturated carbocycles. The lowest BCUT2D eigenvalue weighted by molar-refractivity contribution is 0.596. The lowest BCUT2D eigenvalue weighted by atomic mass is 9.79. The molecular weight excluding hydrogens is 410 g/mol. The summed E-state index contributed by atoms with van der Waals surface area (Å²) in [5.41, 5.74) is 11.4. The van der Waals surface area contributed by atoms with Crippen LogP contribution in [-0.4, -0.2) is 4.98 Å². The Labute approximate surface area is 202 Å². The predicted molar refractivity (Wildman–Crippen MR) is 146 cm³/mol. The van der Waals surface area contributed by atoms with Gasteiger partial charge in [-0.1, -0.05) is 94.8 Å². The molecule has 6 rings (SSSR count). The molecule has 1 aliphatic carbocycles. The van der Waals surface area contributed by atoms with Gasteiger partial charge in [0.2, 0.25) is 0 Å². The smallest absolute Gasteiger partial charge is 0.0791 e. The number of rotatable bonds is 1. The first-order valence-electron chi connectivity index (χ1n) is 12.2. The molecule has 0 fully saturated rings. The number of pyridine rings is 1. The van der Waals surface area contributed by atoms with Crippen LogP contribution in [0.2, 0.25) is 0 Å². The average Bonchev–Trinajstić information content (AvgIpc) is 3.05. The fourth-order valence-corrected chi connectivity index (χ4v) is 5.95. The van der Waals surface area contributed by atoms with Crippen molar-refractivity contribution >= 4 is 21.7 Å². The van der Waals surface area contributed by atoms with Crippen molar-refractivity contribution in [1.82, 2.24) is 4.98 Å². The maximum Gasteiger partial charge on any atom is 0.0791 e. The van der Waals surface area contributed by atoms with E-state index in [1.807, 2.05) is 0 Å². The van der Waals surface area contributed by atoms with E-state index in [1.54, 1.807) is 0 Å². The van der Waals surface area contributed by atoms with Crippen molar-refractivity contribution in [3.8, 4) is 22.4 Å². The molecule has 1 aliphatic rings. The van der Waals surface area contributed by atoms with Gasteiger partial charge in [0.1, 0.15) is 0 Å². The Morgan fingerprint density at radius 1 is 0.765 bits per heavy atom. The van der Waals surface area contributed by atoms with E-state index in [-0.39, 0.29) is 10.8 Å². The molecule has 1 nitrogen and oxygen atoms in total. The van der Waals surface area contributed by atoms with Gasteiger partial charge in [-0.25, -0.2) is 4.98 Å². The second-order valence-corrected chi connectivity index (χ2v) is 11.4. The van der Waals surface area contributed by atoms with Crippen LogP contribution in [0.3, 0.4) is 0 Å². The number of aryl methyl sites for hydroxylation is 1. The Morgan fingerprint density at radius 2 is 1.50 bits per heavy atom. The summed E-state index contributed by atoms with van der Waals surface area (Å²) in [4.78, 5) is 5.35. The van der Waals surface area contributed by atoms with E-state index in [1.165, 1.54) is 55.1 Å². The maximum atomic E-state index is 5.35. The van der Waals surface area contributed by atoms with Crippen LogP contribution >= 0.6 is 0 Å². The number of nitrogens with zero attached hydrogens (tertiary/aromatic N) is 1. The van der Waals surface area contributed by atoms with Crippen molar-refractivity contribution in [2.24, 2.45) is 0 Å². The molecule has 0 spiro atoms. The van der Waals surface area contributed by atoms with Crippen molar-refractivity contribution in [3.05, 3.63) is 101 Å². The second-order valence-electron chi connectivity index (χ2n) is 11.4. The molecule has 5 aromatic rings. The molecule has 0 saturated heterocycles. The van der Waals surface area contributed by atoms with Crippen molar-refractivity contribution in [2.45, 2.75) is 52.4 Å². The minimum absolute atomic E-state index is 0.0317. The van der Waals surface area contributed by atoms with Gasteiger partial charge in [0.15, 0.2) is 0 Å². The summed E-state index contributed by atoms with van der Waals surface area (Å²) in [6, 6.07) is 29.1. The van der Waals surface area contributed by atoms with Crippen molar-refractivity contribution in [2.75, 3.05) is 0 Å². The molecule has 0 amide bonds. The lowest BCUT2D eigenvalue weighted by Gasteiger charge is -2.25. The van der Waals surface area contributed by atoms with Crippen LogP contribution < -0.4 is 0 Å². The zero-order valence-electron chi connectivity index (χ0n) is 21.0. The maximum absolute atomic E-state index is 5.35. The number of fused-ring (bicyclic) bond motifs is 6. The normalized spacial score (nSPS) is 14.4. The number of hydrogen-bond acceptors (Lipinski definition) is 1. The molecule has 1 aromatic heterocycles. The van der Waals surface area contributed by atoms with Gasteiger partial charge in [-0.3, -0.25) is 0 Å². The van der Waals surface area contributed by atoms with E-state index in [2.05, 4.69) is 120 Å². The Morgan fingerprint density at radius 3 is 2.29 bits per heavy atom. The third-order valence-electron chi connectivity index (χ3n) is 7.58. The Bertz CT molecular complexity index is 1610. The molecule has 0 atom stereocenters. The van der Waals surface area contributed by atoms with Gasteiger partial charge in [-0.2, -0.15) is 0 Å². The summed E-state index contributed by atoms with van der Waals surface area (Å²) in [6.07, 6.45) is 0. The van der Waals surface area contributed by atoms with Crippen LogP contribution in [0.1, 0.15) is 56.9 Å². The van der Waals surface area contributed by atoms with Crippen molar-refractivity contribution < 1.29 is 0 Å². The summed E-state index contributed by atoms with van der Waals surface area (Å²) in [5.74, 6) is 0. The molecule has 0 unspecified atom stereocenters. The van der Waals surface area contributed by atoms with Crippen LogP contribution in [-0.2, 0) is 10.8 Å². The standard InChI is InChI=1S/C33H31N/c1-20-15-16-28-25(17-20)30-29(24-13-9-10-14-26(24)33(30,5)6)31(34-28)22-18-21-11-7-8-12-23(21)27(19-22)32(2,3)4/h7-19H,1-6H3. The van der Waals surface area contributed by atoms with Gasteiger partial charge in [-0.15, -0.1) is 0 Å². The van der Waals surface area contributed by atoms with Crippen LogP contribution in [0.25, 0.3) is 44.1 Å². The quantitative estimate of drug-likeness (QED) is 0.253. The van der Waals surface area contributed by atoms with Crippen LogP contribution in [0.15, 0.2) is 78.9 Å². The van der Waals surface area contributed by atoms with Gasteiger partial charge in [0.25, 0.3) is 0 Å². The van der Waals surface area contributed by atoms with E-state index in [4.69, 9.17) is 4.98 Å². The molecule has 0 bridgehead atoms. The summed E-state index contributed by atoms with van der Waals surface area (Å²) >= 11 is 0. The minimum Gasteiger partial charge on any atom is -0.247 e. The number of aromatic nitrogens is 1. The minimum atomic E-state index is -0.0840. The molecule has 4 aromatic carbocycles. The Kier molecular flexibility index (Phi) is 4.36. The van der Waals surface area contributed by atoms with Crippen molar-refractivity contribution in [1.29, 1.82) is 0 Å². The highest BCUT2D eigenvalue weighted by Gasteiger charge is 2.39. The van der Waals surface area contributed by atoms with E-state index in [0.29, 0.717) is 0 Å². The zero-order chi connectivity index (χ0) is 23.8. The molecule has 1 heteroatoms. The van der Waals surface area contributed by atoms with Crippen LogP contribution in [0, 0.1) is 6.92 Å². The monoisotopic (exact) mass is 441 g/mol. The van der Waals surface area contributed by atoms with E-state index in [9.17, 15) is 0 Å².